The third kappa shape index (κ3) is 8.64. The van der Waals surface area contributed by atoms with Crippen LogP contribution in [-0.4, -0.2) is 63.2 Å². The van der Waals surface area contributed by atoms with Crippen molar-refractivity contribution in [3.63, 3.8) is 0 Å². The quantitative estimate of drug-likeness (QED) is 0.257. The second-order valence-corrected chi connectivity index (χ2v) is 12.9. The summed E-state index contributed by atoms with van der Waals surface area (Å²) in [5, 5.41) is 3.52. The van der Waals surface area contributed by atoms with E-state index in [1.165, 1.54) is 11.8 Å². The first-order valence-corrected chi connectivity index (χ1v) is 16.5. The minimum absolute atomic E-state index is 0.0792. The van der Waals surface area contributed by atoms with Gasteiger partial charge in [0.1, 0.15) is 25.8 Å². The number of sulfonamides is 1. The fourth-order valence-corrected chi connectivity index (χ4v) is 5.93. The fraction of sp³-hybridized carbons (Fsp3) is 0.375. The van der Waals surface area contributed by atoms with Gasteiger partial charge in [0.2, 0.25) is 21.8 Å². The molecular weight excluding hydrogens is 590 g/mol. The molecule has 1 aliphatic rings. The summed E-state index contributed by atoms with van der Waals surface area (Å²) in [6.07, 6.45) is 1.95. The van der Waals surface area contributed by atoms with Gasteiger partial charge in [0.05, 0.1) is 11.4 Å². The Bertz CT molecular complexity index is 1480. The molecule has 1 heterocycles. The number of unbranched alkanes of at least 4 members (excludes halogenated alkanes) is 1. The average molecular weight is 628 g/mol. The van der Waals surface area contributed by atoms with Crippen LogP contribution in [0.2, 0.25) is 5.02 Å². The number of hydrogen-bond acceptors (Lipinski definition) is 6. The number of fused-ring (bicyclic) bond motifs is 1. The Morgan fingerprint density at radius 3 is 2.30 bits per heavy atom. The van der Waals surface area contributed by atoms with Crippen LogP contribution >= 0.6 is 11.6 Å². The van der Waals surface area contributed by atoms with E-state index in [-0.39, 0.29) is 30.3 Å². The summed E-state index contributed by atoms with van der Waals surface area (Å²) >= 11 is 6.12. The van der Waals surface area contributed by atoms with Crippen molar-refractivity contribution >= 4 is 39.1 Å². The van der Waals surface area contributed by atoms with Gasteiger partial charge >= 0.3 is 0 Å². The number of amides is 2. The molecule has 0 bridgehead atoms. The molecule has 9 nitrogen and oxygen atoms in total. The first-order chi connectivity index (χ1) is 20.7. The molecular formula is C32H38ClN3O6S. The summed E-state index contributed by atoms with van der Waals surface area (Å²) in [6.45, 7) is 4.33. The summed E-state index contributed by atoms with van der Waals surface area (Å²) in [4.78, 5) is 29.4. The van der Waals surface area contributed by atoms with Crippen LogP contribution < -0.4 is 19.1 Å². The highest BCUT2D eigenvalue weighted by Gasteiger charge is 2.34. The van der Waals surface area contributed by atoms with E-state index in [4.69, 9.17) is 21.1 Å². The molecule has 0 spiro atoms. The maximum Gasteiger partial charge on any atom is 0.244 e. The van der Waals surface area contributed by atoms with Gasteiger partial charge in [-0.05, 0) is 48.7 Å². The number of carbonyl (C=O) groups excluding carboxylic acids is 2. The number of carbonyl (C=O) groups is 2. The van der Waals surface area contributed by atoms with Crippen LogP contribution in [0.3, 0.4) is 0 Å². The summed E-state index contributed by atoms with van der Waals surface area (Å²) in [5.41, 5.74) is 1.90. The number of halogens is 1. The Kier molecular flexibility index (Phi) is 11.3. The third-order valence-corrected chi connectivity index (χ3v) is 9.15. The van der Waals surface area contributed by atoms with Crippen molar-refractivity contribution in [3.8, 4) is 11.5 Å². The van der Waals surface area contributed by atoms with Crippen molar-refractivity contribution in [2.24, 2.45) is 0 Å². The van der Waals surface area contributed by atoms with Crippen molar-refractivity contribution in [1.82, 2.24) is 10.2 Å². The molecule has 4 rings (SSSR count). The molecule has 1 N–H and O–H groups in total. The van der Waals surface area contributed by atoms with E-state index in [0.29, 0.717) is 36.3 Å². The van der Waals surface area contributed by atoms with Crippen molar-refractivity contribution < 1.29 is 27.5 Å². The molecule has 0 saturated carbocycles. The lowest BCUT2D eigenvalue weighted by Gasteiger charge is -2.34. The van der Waals surface area contributed by atoms with E-state index in [2.05, 4.69) is 5.32 Å². The van der Waals surface area contributed by atoms with Crippen LogP contribution in [0.5, 0.6) is 11.5 Å². The topological polar surface area (TPSA) is 105 Å². The summed E-state index contributed by atoms with van der Waals surface area (Å²) < 4.78 is 39.1. The number of benzene rings is 3. The predicted molar refractivity (Wildman–Crippen MR) is 168 cm³/mol. The van der Waals surface area contributed by atoms with Crippen LogP contribution in [0.4, 0.5) is 5.69 Å². The number of anilines is 1. The monoisotopic (exact) mass is 627 g/mol. The molecule has 1 aliphatic heterocycles. The molecule has 1 atom stereocenters. The van der Waals surface area contributed by atoms with E-state index >= 15 is 0 Å². The fourth-order valence-electron chi connectivity index (χ4n) is 4.75. The molecule has 3 aromatic rings. The van der Waals surface area contributed by atoms with Gasteiger partial charge in [-0.3, -0.25) is 13.9 Å². The zero-order valence-corrected chi connectivity index (χ0v) is 26.1. The molecule has 11 heteroatoms. The molecule has 0 fully saturated rings. The molecule has 0 radical (unpaired) electrons. The standard InChI is InChI=1S/C32H38ClN3O6S/c1-3-5-17-34-32(38)28(20-24-9-7-6-8-10-24)35(22-25-11-13-26(33)14-12-25)31(37)23-36(43(39,40)4-2)27-15-16-29-30(21-27)42-19-18-41-29/h6-16,21,28H,3-5,17-20,22-23H2,1-2H3,(H,34,38)/t28-/m1/s1. The first kappa shape index (κ1) is 32.2. The van der Waals surface area contributed by atoms with Gasteiger partial charge in [0.25, 0.3) is 0 Å². The maximum atomic E-state index is 14.3. The molecule has 0 unspecified atom stereocenters. The Labute approximate surface area is 258 Å². The largest absolute Gasteiger partial charge is 0.486 e. The molecule has 0 saturated heterocycles. The van der Waals surface area contributed by atoms with Crippen molar-refractivity contribution in [1.29, 1.82) is 0 Å². The highest BCUT2D eigenvalue weighted by Crippen LogP contribution is 2.35. The van der Waals surface area contributed by atoms with Gasteiger partial charge in [0.15, 0.2) is 11.5 Å². The van der Waals surface area contributed by atoms with E-state index in [0.717, 1.165) is 28.3 Å². The molecule has 0 aromatic heterocycles. The number of ether oxygens (including phenoxy) is 2. The lowest BCUT2D eigenvalue weighted by molar-refractivity contribution is -0.140. The van der Waals surface area contributed by atoms with Gasteiger partial charge in [-0.15, -0.1) is 0 Å². The smallest absolute Gasteiger partial charge is 0.244 e. The van der Waals surface area contributed by atoms with E-state index in [1.807, 2.05) is 37.3 Å². The lowest BCUT2D eigenvalue weighted by Crippen LogP contribution is -2.53. The zero-order valence-electron chi connectivity index (χ0n) is 24.5. The van der Waals surface area contributed by atoms with Gasteiger partial charge in [0, 0.05) is 30.6 Å². The Hall–Kier alpha value is -3.76. The molecule has 230 valence electrons. The van der Waals surface area contributed by atoms with E-state index in [9.17, 15) is 18.0 Å². The Morgan fingerprint density at radius 1 is 0.930 bits per heavy atom. The highest BCUT2D eigenvalue weighted by atomic mass is 35.5. The summed E-state index contributed by atoms with van der Waals surface area (Å²) in [6, 6.07) is 20.4. The predicted octanol–water partition coefficient (Wildman–Crippen LogP) is 4.82. The third-order valence-electron chi connectivity index (χ3n) is 7.16. The molecule has 43 heavy (non-hydrogen) atoms. The van der Waals surface area contributed by atoms with Crippen molar-refractivity contribution in [2.75, 3.05) is 36.4 Å². The highest BCUT2D eigenvalue weighted by molar-refractivity contribution is 7.92. The zero-order chi connectivity index (χ0) is 30.8. The average Bonchev–Trinajstić information content (AvgIpc) is 3.02. The SMILES string of the molecule is CCCCNC(=O)[C@@H](Cc1ccccc1)N(Cc1ccc(Cl)cc1)C(=O)CN(c1ccc2c(c1)OCCO2)S(=O)(=O)CC. The number of rotatable bonds is 14. The minimum atomic E-state index is -3.90. The van der Waals surface area contributed by atoms with Gasteiger partial charge in [-0.1, -0.05) is 67.4 Å². The van der Waals surface area contributed by atoms with Gasteiger partial charge in [-0.25, -0.2) is 8.42 Å². The minimum Gasteiger partial charge on any atom is -0.486 e. The van der Waals surface area contributed by atoms with Crippen LogP contribution in [0.15, 0.2) is 72.8 Å². The van der Waals surface area contributed by atoms with Crippen LogP contribution in [0.25, 0.3) is 0 Å². The second kappa shape index (κ2) is 15.1. The van der Waals surface area contributed by atoms with Gasteiger partial charge in [-0.2, -0.15) is 0 Å². The lowest BCUT2D eigenvalue weighted by atomic mass is 10.0. The number of nitrogens with zero attached hydrogens (tertiary/aromatic N) is 2. The van der Waals surface area contributed by atoms with Gasteiger partial charge < -0.3 is 19.7 Å². The van der Waals surface area contributed by atoms with Crippen molar-refractivity contribution in [3.05, 3.63) is 88.9 Å². The number of hydrogen-bond donors (Lipinski definition) is 1. The normalized spacial score (nSPS) is 13.2. The van der Waals surface area contributed by atoms with E-state index in [1.54, 1.807) is 42.5 Å². The molecule has 0 aliphatic carbocycles. The van der Waals surface area contributed by atoms with E-state index < -0.39 is 28.5 Å². The Balaban J connectivity index is 1.72. The van der Waals surface area contributed by atoms with Crippen LogP contribution in [-0.2, 0) is 32.6 Å². The maximum absolute atomic E-state index is 14.3. The second-order valence-electron chi connectivity index (χ2n) is 10.2. The van der Waals surface area contributed by atoms with Crippen LogP contribution in [0.1, 0.15) is 37.8 Å². The van der Waals surface area contributed by atoms with Crippen molar-refractivity contribution in [2.45, 2.75) is 45.7 Å². The Morgan fingerprint density at radius 2 is 1.63 bits per heavy atom. The van der Waals surface area contributed by atoms with Crippen LogP contribution in [0, 0.1) is 0 Å². The molecule has 3 aromatic carbocycles. The molecule has 2 amide bonds. The summed E-state index contributed by atoms with van der Waals surface area (Å²) in [7, 11) is -3.90. The summed E-state index contributed by atoms with van der Waals surface area (Å²) in [5.74, 6) is -0.136. The number of nitrogens with one attached hydrogen (secondary N) is 1. The first-order valence-electron chi connectivity index (χ1n) is 14.5.